The summed E-state index contributed by atoms with van der Waals surface area (Å²) in [5.41, 5.74) is 0. The van der Waals surface area contributed by atoms with Crippen LogP contribution in [0.2, 0.25) is 0 Å². The summed E-state index contributed by atoms with van der Waals surface area (Å²) in [5, 5.41) is 0. The molecular formula is C55H108O. The average molecular weight is 785 g/mol. The van der Waals surface area contributed by atoms with Gasteiger partial charge in [0.05, 0.1) is 0 Å². The predicted octanol–water partition coefficient (Wildman–Crippen LogP) is 20.4. The Labute approximate surface area is 356 Å². The van der Waals surface area contributed by atoms with Crippen LogP contribution < -0.4 is 0 Å². The smallest absolute Gasteiger partial charge is 0.120 e. The van der Waals surface area contributed by atoms with Crippen molar-refractivity contribution in [3.8, 4) is 0 Å². The SMILES string of the molecule is CCCCCCCCCCCCCCCCCCC(CCCCC=C=O)CCCCCCCCC(CCCCCCCCCC)CCCCCCCCCCC. The third-order valence-electron chi connectivity index (χ3n) is 13.4. The van der Waals surface area contributed by atoms with Crippen molar-refractivity contribution in [2.45, 2.75) is 329 Å². The van der Waals surface area contributed by atoms with Crippen molar-refractivity contribution >= 4 is 5.94 Å². The highest BCUT2D eigenvalue weighted by atomic mass is 16.1. The van der Waals surface area contributed by atoms with Gasteiger partial charge in [-0.25, -0.2) is 4.79 Å². The molecule has 0 radical (unpaired) electrons. The molecule has 0 fully saturated rings. The molecule has 0 bridgehead atoms. The summed E-state index contributed by atoms with van der Waals surface area (Å²) < 4.78 is 0. The van der Waals surface area contributed by atoms with Gasteiger partial charge in [0.15, 0.2) is 0 Å². The fourth-order valence-electron chi connectivity index (χ4n) is 9.47. The maximum atomic E-state index is 10.6. The summed E-state index contributed by atoms with van der Waals surface area (Å²) in [4.78, 5) is 10.6. The minimum absolute atomic E-state index is 0.917. The number of hydrogen-bond acceptors (Lipinski definition) is 1. The molecule has 0 N–H and O–H groups in total. The number of carbonyl (C=O) groups excluding carboxylic acids is 1. The Morgan fingerprint density at radius 1 is 0.268 bits per heavy atom. The van der Waals surface area contributed by atoms with E-state index in [1.165, 1.54) is 302 Å². The van der Waals surface area contributed by atoms with Crippen LogP contribution in [0.4, 0.5) is 0 Å². The summed E-state index contributed by atoms with van der Waals surface area (Å²) >= 11 is 0. The van der Waals surface area contributed by atoms with E-state index < -0.39 is 0 Å². The minimum atomic E-state index is 0.917. The molecule has 0 aromatic heterocycles. The van der Waals surface area contributed by atoms with Gasteiger partial charge in [-0.15, -0.1) is 0 Å². The largest absolute Gasteiger partial charge is 0.234 e. The Kier molecular flexibility index (Phi) is 50.1. The van der Waals surface area contributed by atoms with Crippen LogP contribution >= 0.6 is 0 Å². The number of unbranched alkanes of at least 4 members (excludes halogenated alkanes) is 37. The van der Waals surface area contributed by atoms with E-state index in [1.54, 1.807) is 6.08 Å². The van der Waals surface area contributed by atoms with Crippen LogP contribution in [-0.2, 0) is 4.79 Å². The Bertz CT molecular complexity index is 736. The van der Waals surface area contributed by atoms with Gasteiger partial charge >= 0.3 is 0 Å². The topological polar surface area (TPSA) is 17.1 Å². The highest BCUT2D eigenvalue weighted by Crippen LogP contribution is 2.27. The molecule has 0 amide bonds. The van der Waals surface area contributed by atoms with Crippen molar-refractivity contribution in [2.24, 2.45) is 11.8 Å². The maximum absolute atomic E-state index is 10.6. The van der Waals surface area contributed by atoms with Gasteiger partial charge in [0.1, 0.15) is 5.94 Å². The van der Waals surface area contributed by atoms with Crippen molar-refractivity contribution in [3.63, 3.8) is 0 Å². The zero-order valence-corrected chi connectivity index (χ0v) is 39.6. The van der Waals surface area contributed by atoms with Crippen LogP contribution in [-0.4, -0.2) is 5.94 Å². The predicted molar refractivity (Wildman–Crippen MR) is 256 cm³/mol. The Morgan fingerprint density at radius 3 is 0.643 bits per heavy atom. The molecule has 0 aromatic carbocycles. The van der Waals surface area contributed by atoms with E-state index in [2.05, 4.69) is 20.8 Å². The molecule has 2 unspecified atom stereocenters. The number of hydrogen-bond donors (Lipinski definition) is 0. The van der Waals surface area contributed by atoms with E-state index in [9.17, 15) is 4.79 Å². The molecular weight excluding hydrogens is 677 g/mol. The molecule has 2 atom stereocenters. The standard InChI is InChI=1S/C55H108O/c1-4-7-10-13-16-19-20-21-22-23-24-25-27-30-35-42-49-55(52-45-38-39-46-53-56)51-44-37-32-31-36-43-50-54(47-40-33-28-18-15-12-9-6-3)48-41-34-29-26-17-14-11-8-5-2/h46,54-55H,4-45,47-52H2,1-3H3. The van der Waals surface area contributed by atoms with Crippen LogP contribution in [0.1, 0.15) is 329 Å². The van der Waals surface area contributed by atoms with E-state index in [0.717, 1.165) is 18.3 Å². The quantitative estimate of drug-likeness (QED) is 0.0443. The third-order valence-corrected chi connectivity index (χ3v) is 13.4. The third kappa shape index (κ3) is 46.1. The van der Waals surface area contributed by atoms with Gasteiger partial charge in [-0.1, -0.05) is 316 Å². The van der Waals surface area contributed by atoms with Gasteiger partial charge in [0.25, 0.3) is 0 Å². The van der Waals surface area contributed by atoms with Crippen LogP contribution in [0.5, 0.6) is 0 Å². The van der Waals surface area contributed by atoms with Gasteiger partial charge < -0.3 is 0 Å². The molecule has 0 spiro atoms. The first-order valence-corrected chi connectivity index (χ1v) is 27.0. The first-order chi connectivity index (χ1) is 27.8. The zero-order valence-electron chi connectivity index (χ0n) is 39.6. The molecule has 0 aliphatic rings. The van der Waals surface area contributed by atoms with Crippen LogP contribution in [0.15, 0.2) is 6.08 Å². The maximum Gasteiger partial charge on any atom is 0.120 e. The lowest BCUT2D eigenvalue weighted by Crippen LogP contribution is -2.02. The second-order valence-corrected chi connectivity index (χ2v) is 19.0. The summed E-state index contributed by atoms with van der Waals surface area (Å²) in [6.45, 7) is 6.96. The van der Waals surface area contributed by atoms with E-state index in [4.69, 9.17) is 0 Å². The highest BCUT2D eigenvalue weighted by molar-refractivity contribution is 5.44. The number of rotatable bonds is 50. The van der Waals surface area contributed by atoms with Gasteiger partial charge in [-0.05, 0) is 30.8 Å². The van der Waals surface area contributed by atoms with Crippen LogP contribution in [0, 0.1) is 11.8 Å². The lowest BCUT2D eigenvalue weighted by Gasteiger charge is -2.18. The first-order valence-electron chi connectivity index (χ1n) is 27.0. The normalized spacial score (nSPS) is 12.6. The summed E-state index contributed by atoms with van der Waals surface area (Å²) in [5.74, 6) is 3.90. The molecule has 1 heteroatoms. The van der Waals surface area contributed by atoms with Crippen molar-refractivity contribution in [1.29, 1.82) is 0 Å². The first kappa shape index (κ1) is 55.5. The highest BCUT2D eigenvalue weighted by Gasteiger charge is 2.11. The van der Waals surface area contributed by atoms with E-state index >= 15 is 0 Å². The van der Waals surface area contributed by atoms with Gasteiger partial charge in [0, 0.05) is 0 Å². The molecule has 334 valence electrons. The van der Waals surface area contributed by atoms with Crippen molar-refractivity contribution in [1.82, 2.24) is 0 Å². The van der Waals surface area contributed by atoms with Crippen LogP contribution in [0.25, 0.3) is 0 Å². The summed E-state index contributed by atoms with van der Waals surface area (Å²) in [7, 11) is 0. The Morgan fingerprint density at radius 2 is 0.446 bits per heavy atom. The molecule has 0 rings (SSSR count). The molecule has 0 saturated heterocycles. The molecule has 0 aliphatic carbocycles. The Balaban J connectivity index is 4.18. The molecule has 0 aliphatic heterocycles. The Hall–Kier alpha value is -0.550. The molecule has 0 saturated carbocycles. The lowest BCUT2D eigenvalue weighted by molar-refractivity contribution is 0.359. The minimum Gasteiger partial charge on any atom is -0.234 e. The van der Waals surface area contributed by atoms with Gasteiger partial charge in [-0.3, -0.25) is 0 Å². The van der Waals surface area contributed by atoms with Crippen LogP contribution in [0.3, 0.4) is 0 Å². The summed E-state index contributed by atoms with van der Waals surface area (Å²) in [6.07, 6.45) is 70.7. The molecule has 0 aromatic rings. The fourth-order valence-corrected chi connectivity index (χ4v) is 9.47. The van der Waals surface area contributed by atoms with E-state index in [-0.39, 0.29) is 0 Å². The second kappa shape index (κ2) is 50.6. The monoisotopic (exact) mass is 785 g/mol. The van der Waals surface area contributed by atoms with Gasteiger partial charge in [0.2, 0.25) is 0 Å². The lowest BCUT2D eigenvalue weighted by atomic mass is 9.88. The van der Waals surface area contributed by atoms with Crippen molar-refractivity contribution < 1.29 is 4.79 Å². The zero-order chi connectivity index (χ0) is 40.5. The molecule has 1 nitrogen and oxygen atoms in total. The van der Waals surface area contributed by atoms with Crippen molar-refractivity contribution in [3.05, 3.63) is 6.08 Å². The van der Waals surface area contributed by atoms with Gasteiger partial charge in [-0.2, -0.15) is 0 Å². The fraction of sp³-hybridized carbons (Fsp3) is 0.964. The molecule has 56 heavy (non-hydrogen) atoms. The average Bonchev–Trinajstić information content (AvgIpc) is 3.21. The number of allylic oxidation sites excluding steroid dienone is 1. The second-order valence-electron chi connectivity index (χ2n) is 19.0. The van der Waals surface area contributed by atoms with E-state index in [0.29, 0.717) is 0 Å². The summed E-state index contributed by atoms with van der Waals surface area (Å²) in [6, 6.07) is 0. The van der Waals surface area contributed by atoms with E-state index in [1.807, 2.05) is 5.94 Å². The van der Waals surface area contributed by atoms with Crippen molar-refractivity contribution in [2.75, 3.05) is 0 Å². The molecule has 0 heterocycles.